The fourth-order valence-corrected chi connectivity index (χ4v) is 5.05. The molecule has 0 saturated carbocycles. The van der Waals surface area contributed by atoms with Crippen molar-refractivity contribution < 1.29 is 32.7 Å². The van der Waals surface area contributed by atoms with Crippen molar-refractivity contribution in [3.05, 3.63) is 106 Å². The first kappa shape index (κ1) is 30.6. The van der Waals surface area contributed by atoms with Crippen LogP contribution in [-0.2, 0) is 22.2 Å². The van der Waals surface area contributed by atoms with E-state index in [0.717, 1.165) is 42.5 Å². The number of aliphatic carboxylic acids is 1. The van der Waals surface area contributed by atoms with E-state index in [-0.39, 0.29) is 25.1 Å². The van der Waals surface area contributed by atoms with Crippen LogP contribution in [0.4, 0.5) is 18.9 Å². The highest BCUT2D eigenvalue weighted by Crippen LogP contribution is 2.33. The van der Waals surface area contributed by atoms with E-state index < -0.39 is 35.4 Å². The third-order valence-electron chi connectivity index (χ3n) is 7.24. The van der Waals surface area contributed by atoms with Crippen molar-refractivity contribution in [1.82, 2.24) is 5.32 Å². The summed E-state index contributed by atoms with van der Waals surface area (Å²) >= 11 is 0. The molecule has 0 radical (unpaired) electrons. The van der Waals surface area contributed by atoms with Crippen LogP contribution < -0.4 is 10.6 Å². The average molecular weight is 579 g/mol. The molecule has 0 aliphatic heterocycles. The van der Waals surface area contributed by atoms with Crippen LogP contribution in [0, 0.1) is 6.92 Å². The number of carboxylic acids is 1. The molecule has 3 N–H and O–H groups in total. The summed E-state index contributed by atoms with van der Waals surface area (Å²) in [7, 11) is 0. The van der Waals surface area contributed by atoms with Gasteiger partial charge in [0.05, 0.1) is 17.9 Å². The highest BCUT2D eigenvalue weighted by molar-refractivity contribution is 5.96. The number of alkyl halides is 3. The smallest absolute Gasteiger partial charge is 0.416 e. The van der Waals surface area contributed by atoms with Crippen LogP contribution in [0.3, 0.4) is 0 Å². The van der Waals surface area contributed by atoms with Crippen molar-refractivity contribution in [3.8, 4) is 0 Å². The Balaban J connectivity index is 1.57. The number of amides is 2. The maximum Gasteiger partial charge on any atom is 0.416 e. The van der Waals surface area contributed by atoms with E-state index in [9.17, 15) is 27.6 Å². The predicted octanol–water partition coefficient (Wildman–Crippen LogP) is 7.14. The summed E-state index contributed by atoms with van der Waals surface area (Å²) in [6, 6.07) is 17.8. The maximum absolute atomic E-state index is 13.6. The zero-order valence-electron chi connectivity index (χ0n) is 23.3. The lowest BCUT2D eigenvalue weighted by Crippen LogP contribution is -2.26. The molecular formula is C33H33F3N2O4. The third kappa shape index (κ3) is 8.31. The Morgan fingerprint density at radius 1 is 0.952 bits per heavy atom. The van der Waals surface area contributed by atoms with Gasteiger partial charge in [-0.3, -0.25) is 14.4 Å². The molecule has 1 aliphatic rings. The largest absolute Gasteiger partial charge is 0.481 e. The molecule has 42 heavy (non-hydrogen) atoms. The zero-order valence-corrected chi connectivity index (χ0v) is 23.3. The molecule has 3 aromatic carbocycles. The predicted molar refractivity (Wildman–Crippen MR) is 155 cm³/mol. The first-order valence-electron chi connectivity index (χ1n) is 13.9. The Hall–Kier alpha value is -4.40. The Morgan fingerprint density at radius 2 is 1.67 bits per heavy atom. The number of halogens is 3. The standard InChI is InChI=1S/C33H33F3N2O4/c1-21-17-27(33(34,35)36)20-28(18-21)38-32(42)29(25-13-11-24(12-14-25)23-5-3-2-4-6-23)19-22-7-9-26(10-8-22)31(41)37-16-15-30(39)40/h5,7-14,17-18,20,29H,2-4,6,15-16,19H2,1H3,(H,37,41)(H,38,42)(H,39,40). The molecule has 1 unspecified atom stereocenters. The number of nitrogens with one attached hydrogen (secondary N) is 2. The number of hydrogen-bond acceptors (Lipinski definition) is 3. The number of allylic oxidation sites excluding steroid dienone is 2. The molecule has 4 rings (SSSR count). The molecule has 0 bridgehead atoms. The van der Waals surface area contributed by atoms with Gasteiger partial charge in [-0.2, -0.15) is 13.2 Å². The van der Waals surface area contributed by atoms with Gasteiger partial charge >= 0.3 is 12.1 Å². The lowest BCUT2D eigenvalue weighted by molar-refractivity contribution is -0.138. The highest BCUT2D eigenvalue weighted by Gasteiger charge is 2.31. The van der Waals surface area contributed by atoms with Gasteiger partial charge < -0.3 is 15.7 Å². The van der Waals surface area contributed by atoms with Crippen molar-refractivity contribution in [2.24, 2.45) is 0 Å². The van der Waals surface area contributed by atoms with Crippen LogP contribution in [0.1, 0.15) is 76.2 Å². The number of hydrogen-bond donors (Lipinski definition) is 3. The molecule has 220 valence electrons. The SMILES string of the molecule is Cc1cc(NC(=O)C(Cc2ccc(C(=O)NCCC(=O)O)cc2)c2ccc(C3=CCCCC3)cc2)cc(C(F)(F)F)c1. The van der Waals surface area contributed by atoms with E-state index in [2.05, 4.69) is 16.7 Å². The molecule has 2 amide bonds. The summed E-state index contributed by atoms with van der Waals surface area (Å²) in [5, 5.41) is 14.0. The van der Waals surface area contributed by atoms with Crippen LogP contribution in [-0.4, -0.2) is 29.4 Å². The van der Waals surface area contributed by atoms with Crippen LogP contribution in [0.25, 0.3) is 5.57 Å². The summed E-state index contributed by atoms with van der Waals surface area (Å²) in [6.07, 6.45) is 2.06. The molecule has 1 aliphatic carbocycles. The van der Waals surface area contributed by atoms with Gasteiger partial charge in [0.1, 0.15) is 0 Å². The van der Waals surface area contributed by atoms with E-state index in [1.54, 1.807) is 31.2 Å². The van der Waals surface area contributed by atoms with E-state index in [1.165, 1.54) is 18.1 Å². The van der Waals surface area contributed by atoms with Gasteiger partial charge in [-0.15, -0.1) is 0 Å². The molecule has 0 aromatic heterocycles. The normalized spacial score (nSPS) is 14.0. The number of carbonyl (C=O) groups excluding carboxylic acids is 2. The van der Waals surface area contributed by atoms with Gasteiger partial charge in [-0.05, 0) is 97.2 Å². The molecule has 0 heterocycles. The van der Waals surface area contributed by atoms with Gasteiger partial charge in [0, 0.05) is 17.8 Å². The quantitative estimate of drug-likeness (QED) is 0.238. The summed E-state index contributed by atoms with van der Waals surface area (Å²) in [5.74, 6) is -2.60. The molecule has 6 nitrogen and oxygen atoms in total. The van der Waals surface area contributed by atoms with E-state index in [4.69, 9.17) is 5.11 Å². The first-order chi connectivity index (χ1) is 20.0. The first-order valence-corrected chi connectivity index (χ1v) is 13.9. The second-order valence-corrected chi connectivity index (χ2v) is 10.5. The zero-order chi connectivity index (χ0) is 30.3. The summed E-state index contributed by atoms with van der Waals surface area (Å²) in [6.45, 7) is 1.54. The molecule has 0 fully saturated rings. The highest BCUT2D eigenvalue weighted by atomic mass is 19.4. The van der Waals surface area contributed by atoms with Gasteiger partial charge in [0.2, 0.25) is 5.91 Å². The summed E-state index contributed by atoms with van der Waals surface area (Å²) in [4.78, 5) is 36.6. The number of carboxylic acid groups (broad SMARTS) is 1. The Morgan fingerprint density at radius 3 is 2.29 bits per heavy atom. The van der Waals surface area contributed by atoms with Gasteiger partial charge in [0.15, 0.2) is 0 Å². The number of benzene rings is 3. The van der Waals surface area contributed by atoms with Gasteiger partial charge in [0.25, 0.3) is 5.91 Å². The van der Waals surface area contributed by atoms with Crippen molar-refractivity contribution in [3.63, 3.8) is 0 Å². The van der Waals surface area contributed by atoms with Crippen LogP contribution in [0.2, 0.25) is 0 Å². The topological polar surface area (TPSA) is 95.5 Å². The van der Waals surface area contributed by atoms with Crippen LogP contribution in [0.15, 0.2) is 72.8 Å². The Labute approximate surface area is 242 Å². The van der Waals surface area contributed by atoms with Crippen molar-refractivity contribution in [2.45, 2.75) is 57.5 Å². The second-order valence-electron chi connectivity index (χ2n) is 10.5. The second kappa shape index (κ2) is 13.5. The van der Waals surface area contributed by atoms with Crippen molar-refractivity contribution in [1.29, 1.82) is 0 Å². The van der Waals surface area contributed by atoms with Gasteiger partial charge in [-0.25, -0.2) is 0 Å². The van der Waals surface area contributed by atoms with Gasteiger partial charge in [-0.1, -0.05) is 42.5 Å². The number of anilines is 1. The summed E-state index contributed by atoms with van der Waals surface area (Å²) in [5.41, 5.74) is 3.76. The Bertz CT molecular complexity index is 1460. The molecule has 9 heteroatoms. The molecule has 3 aromatic rings. The Kier molecular flexibility index (Phi) is 9.83. The molecule has 0 spiro atoms. The maximum atomic E-state index is 13.6. The minimum Gasteiger partial charge on any atom is -0.481 e. The number of rotatable bonds is 10. The lowest BCUT2D eigenvalue weighted by Gasteiger charge is -2.20. The molecule has 1 atom stereocenters. The fraction of sp³-hybridized carbons (Fsp3) is 0.303. The van der Waals surface area contributed by atoms with E-state index in [0.29, 0.717) is 16.7 Å². The van der Waals surface area contributed by atoms with E-state index >= 15 is 0 Å². The van der Waals surface area contributed by atoms with E-state index in [1.807, 2.05) is 24.3 Å². The minimum atomic E-state index is -4.55. The number of aryl methyl sites for hydroxylation is 1. The monoisotopic (exact) mass is 578 g/mol. The molecular weight excluding hydrogens is 545 g/mol. The van der Waals surface area contributed by atoms with Crippen molar-refractivity contribution in [2.75, 3.05) is 11.9 Å². The lowest BCUT2D eigenvalue weighted by atomic mass is 9.88. The van der Waals surface area contributed by atoms with Crippen molar-refractivity contribution >= 4 is 29.0 Å². The molecule has 0 saturated heterocycles. The summed E-state index contributed by atoms with van der Waals surface area (Å²) < 4.78 is 40.2. The van der Waals surface area contributed by atoms with Crippen LogP contribution >= 0.6 is 0 Å². The number of carbonyl (C=O) groups is 3. The average Bonchev–Trinajstić information content (AvgIpc) is 2.96. The minimum absolute atomic E-state index is 0.0000743. The fourth-order valence-electron chi connectivity index (χ4n) is 5.05. The van der Waals surface area contributed by atoms with Crippen LogP contribution in [0.5, 0.6) is 0 Å². The third-order valence-corrected chi connectivity index (χ3v) is 7.24.